The Morgan fingerprint density at radius 1 is 0.272 bits per heavy atom. The molecule has 0 spiro atoms. The number of nitrogens with zero attached hydrogens (tertiary/aromatic N) is 2. The monoisotopic (exact) mass is 1050 g/mol. The van der Waals surface area contributed by atoms with Crippen molar-refractivity contribution in [2.24, 2.45) is 0 Å². The van der Waals surface area contributed by atoms with Gasteiger partial charge < -0.3 is 9.80 Å². The van der Waals surface area contributed by atoms with E-state index in [-0.39, 0.29) is 27.1 Å². The summed E-state index contributed by atoms with van der Waals surface area (Å²) in [5, 5.41) is 5.10. The van der Waals surface area contributed by atoms with Crippen molar-refractivity contribution in [2.75, 3.05) is 9.80 Å². The van der Waals surface area contributed by atoms with Crippen LogP contribution in [0.1, 0.15) is 128 Å². The van der Waals surface area contributed by atoms with E-state index in [1.807, 2.05) is 0 Å². The lowest BCUT2D eigenvalue weighted by Crippen LogP contribution is -2.25. The molecule has 0 fully saturated rings. The van der Waals surface area contributed by atoms with Gasteiger partial charge in [-0.25, -0.2) is 0 Å². The Bertz CT molecular complexity index is 4360. The highest BCUT2D eigenvalue weighted by atomic mass is 15.1. The van der Waals surface area contributed by atoms with Crippen molar-refractivity contribution in [1.29, 1.82) is 0 Å². The van der Waals surface area contributed by atoms with Crippen molar-refractivity contribution in [1.82, 2.24) is 0 Å². The molecule has 81 heavy (non-hydrogen) atoms. The maximum Gasteiger partial charge on any atom is 0.0468 e. The van der Waals surface area contributed by atoms with E-state index in [4.69, 9.17) is 0 Å². The van der Waals surface area contributed by atoms with Crippen molar-refractivity contribution < 1.29 is 0 Å². The molecule has 11 aromatic carbocycles. The molecule has 398 valence electrons. The molecule has 2 heteroatoms. The summed E-state index contributed by atoms with van der Waals surface area (Å²) in [6.07, 6.45) is 0. The van der Waals surface area contributed by atoms with Gasteiger partial charge in [0.25, 0.3) is 0 Å². The maximum atomic E-state index is 2.52. The van der Waals surface area contributed by atoms with E-state index in [0.29, 0.717) is 0 Å². The fourth-order valence-electron chi connectivity index (χ4n) is 14.4. The lowest BCUT2D eigenvalue weighted by molar-refractivity contribution is 0.590. The molecule has 2 nitrogen and oxygen atoms in total. The van der Waals surface area contributed by atoms with Gasteiger partial charge in [0.1, 0.15) is 0 Å². The van der Waals surface area contributed by atoms with Crippen LogP contribution in [0.25, 0.3) is 66.1 Å². The molecule has 0 saturated carbocycles. The average Bonchev–Trinajstić information content (AvgIpc) is 2.66. The largest absolute Gasteiger partial charge is 0.310 e. The van der Waals surface area contributed by atoms with E-state index in [9.17, 15) is 0 Å². The molecule has 3 aliphatic carbocycles. The molecule has 0 saturated heterocycles. The van der Waals surface area contributed by atoms with Gasteiger partial charge in [0.2, 0.25) is 0 Å². The Morgan fingerprint density at radius 2 is 0.654 bits per heavy atom. The van der Waals surface area contributed by atoms with E-state index in [2.05, 4.69) is 311 Å². The van der Waals surface area contributed by atoms with Gasteiger partial charge in [-0.3, -0.25) is 0 Å². The molecule has 0 heterocycles. The first-order valence-corrected chi connectivity index (χ1v) is 29.2. The van der Waals surface area contributed by atoms with E-state index < -0.39 is 0 Å². The molecule has 0 atom stereocenters. The molecule has 0 radical (unpaired) electrons. The van der Waals surface area contributed by atoms with Crippen LogP contribution in [0.15, 0.2) is 218 Å². The molecule has 0 bridgehead atoms. The van der Waals surface area contributed by atoms with Gasteiger partial charge in [-0.1, -0.05) is 229 Å². The topological polar surface area (TPSA) is 6.48 Å². The molecule has 0 aromatic heterocycles. The third-order valence-corrected chi connectivity index (χ3v) is 19.0. The van der Waals surface area contributed by atoms with Gasteiger partial charge in [-0.2, -0.15) is 0 Å². The van der Waals surface area contributed by atoms with Gasteiger partial charge in [0.05, 0.1) is 0 Å². The number of hydrogen-bond donors (Lipinski definition) is 0. The van der Waals surface area contributed by atoms with Crippen LogP contribution in [0.5, 0.6) is 0 Å². The van der Waals surface area contributed by atoms with Crippen LogP contribution in [-0.4, -0.2) is 0 Å². The number of anilines is 6. The summed E-state index contributed by atoms with van der Waals surface area (Å²) >= 11 is 0. The highest BCUT2D eigenvalue weighted by molar-refractivity contribution is 6.24. The van der Waals surface area contributed by atoms with Crippen LogP contribution >= 0.6 is 0 Å². The Labute approximate surface area is 480 Å². The summed E-state index contributed by atoms with van der Waals surface area (Å²) < 4.78 is 0. The molecule has 0 unspecified atom stereocenters. The predicted octanol–water partition coefficient (Wildman–Crippen LogP) is 22.1. The van der Waals surface area contributed by atoms with Gasteiger partial charge in [-0.05, 0) is 194 Å². The fraction of sp³-hybridized carbons (Fsp3) is 0.215. The number of rotatable bonds is 7. The molecule has 0 aliphatic heterocycles. The first-order chi connectivity index (χ1) is 38.7. The van der Waals surface area contributed by atoms with E-state index in [1.54, 1.807) is 0 Å². The minimum Gasteiger partial charge on any atom is -0.310 e. The number of fused-ring (bicyclic) bond motifs is 10. The second-order valence-electron chi connectivity index (χ2n) is 27.0. The molecule has 3 aliphatic rings. The Hall–Kier alpha value is -8.46. The summed E-state index contributed by atoms with van der Waals surface area (Å²) in [4.78, 5) is 4.99. The minimum absolute atomic E-state index is 0.0295. The second kappa shape index (κ2) is 17.8. The Balaban J connectivity index is 0.978. The SMILES string of the molecule is CC(C)(C)c1ccc(N(c2ccc3c(c2)C(C)(C)c2ccccc2-3)c2ccc3c(c2)C(C)(C)c2cccc4c2c-3c(-c2ccccc2)c2ccc(N(c3ccc(C(C)(C)C)cc3)c3ccc5c(c3)C(C)(C)c3ccccc3-5)cc24)cc1. The van der Waals surface area contributed by atoms with Gasteiger partial charge in [0, 0.05) is 50.4 Å². The van der Waals surface area contributed by atoms with Crippen molar-refractivity contribution in [3.8, 4) is 44.5 Å². The lowest BCUT2D eigenvalue weighted by Gasteiger charge is -2.38. The minimum atomic E-state index is -0.351. The first-order valence-electron chi connectivity index (χ1n) is 29.2. The van der Waals surface area contributed by atoms with Crippen molar-refractivity contribution >= 4 is 55.7 Å². The molecule has 11 aromatic rings. The van der Waals surface area contributed by atoms with Crippen LogP contribution < -0.4 is 9.80 Å². The molecular weight excluding hydrogens is 977 g/mol. The molecule has 0 N–H and O–H groups in total. The fourth-order valence-corrected chi connectivity index (χ4v) is 14.4. The summed E-state index contributed by atoms with van der Waals surface area (Å²) in [5.74, 6) is 0. The predicted molar refractivity (Wildman–Crippen MR) is 346 cm³/mol. The van der Waals surface area contributed by atoms with Gasteiger partial charge in [-0.15, -0.1) is 0 Å². The summed E-state index contributed by atoms with van der Waals surface area (Å²) in [6.45, 7) is 28.2. The van der Waals surface area contributed by atoms with Crippen LogP contribution in [0, 0.1) is 0 Å². The Kier molecular flexibility index (Phi) is 11.1. The van der Waals surface area contributed by atoms with Crippen molar-refractivity contribution in [2.45, 2.75) is 110 Å². The number of hydrogen-bond acceptors (Lipinski definition) is 2. The molecule has 14 rings (SSSR count). The van der Waals surface area contributed by atoms with Crippen molar-refractivity contribution in [3.63, 3.8) is 0 Å². The normalized spacial score (nSPS) is 15.0. The standard InChI is InChI=1S/C79H72N2/c1-75(2,3)50-29-33-52(34-30-50)80(55-37-41-60-58-23-16-18-26-66(58)77(7,8)69(60)46-55)54-39-43-63-65(45-54)62-25-20-28-68-73(62)74(72(63)49-21-14-13-15-22-49)64-44-40-57(48-71(64)79(68,11)12)81(53-35-31-51(32-36-53)76(4,5)6)56-38-42-61-59-24-17-19-27-67(59)78(9,10)70(61)47-56/h13-48H,1-12H3. The second-order valence-corrected chi connectivity index (χ2v) is 27.0. The van der Waals surface area contributed by atoms with E-state index >= 15 is 0 Å². The van der Waals surface area contributed by atoms with Crippen LogP contribution in [0.3, 0.4) is 0 Å². The van der Waals surface area contributed by atoms with Crippen LogP contribution in [-0.2, 0) is 27.1 Å². The molecule has 0 amide bonds. The number of benzene rings is 11. The van der Waals surface area contributed by atoms with Crippen LogP contribution in [0.2, 0.25) is 0 Å². The zero-order chi connectivity index (χ0) is 56.1. The first kappa shape index (κ1) is 50.7. The smallest absolute Gasteiger partial charge is 0.0468 e. The third-order valence-electron chi connectivity index (χ3n) is 19.0. The third kappa shape index (κ3) is 7.73. The van der Waals surface area contributed by atoms with E-state index in [0.717, 1.165) is 34.1 Å². The summed E-state index contributed by atoms with van der Waals surface area (Å²) in [7, 11) is 0. The average molecular weight is 1050 g/mol. The van der Waals surface area contributed by atoms with Crippen molar-refractivity contribution in [3.05, 3.63) is 263 Å². The summed E-state index contributed by atoms with van der Waals surface area (Å²) in [5.41, 5.74) is 27.5. The summed E-state index contributed by atoms with van der Waals surface area (Å²) in [6, 6.07) is 83.7. The highest BCUT2D eigenvalue weighted by Crippen LogP contribution is 2.58. The van der Waals surface area contributed by atoms with Crippen LogP contribution in [0.4, 0.5) is 34.1 Å². The van der Waals surface area contributed by atoms with Gasteiger partial charge in [0.15, 0.2) is 0 Å². The van der Waals surface area contributed by atoms with E-state index in [1.165, 1.54) is 111 Å². The molecular formula is C79H72N2. The lowest BCUT2D eigenvalue weighted by atomic mass is 9.66. The van der Waals surface area contributed by atoms with Gasteiger partial charge >= 0.3 is 0 Å². The highest BCUT2D eigenvalue weighted by Gasteiger charge is 2.40. The quantitative estimate of drug-likeness (QED) is 0.147. The Morgan fingerprint density at radius 3 is 1.15 bits per heavy atom. The maximum absolute atomic E-state index is 2.52. The zero-order valence-corrected chi connectivity index (χ0v) is 49.2. The zero-order valence-electron chi connectivity index (χ0n) is 49.2.